The van der Waals surface area contributed by atoms with Crippen molar-refractivity contribution in [3.63, 3.8) is 0 Å². The summed E-state index contributed by atoms with van der Waals surface area (Å²) in [5, 5.41) is 26.0. The minimum atomic E-state index is -1.27. The number of hydrogen-bond acceptors (Lipinski definition) is 5. The molecule has 0 amide bonds. The fourth-order valence-corrected chi connectivity index (χ4v) is 0.798. The lowest BCUT2D eigenvalue weighted by Crippen LogP contribution is -2.39. The van der Waals surface area contributed by atoms with E-state index in [1.807, 2.05) is 0 Å². The van der Waals surface area contributed by atoms with Crippen LogP contribution in [0.4, 0.5) is 0 Å². The highest BCUT2D eigenvalue weighted by Gasteiger charge is 2.37. The molecule has 0 atom stereocenters. The zero-order valence-electron chi connectivity index (χ0n) is 7.49. The number of hydrogen-bond donors (Lipinski definition) is 2. The summed E-state index contributed by atoms with van der Waals surface area (Å²) in [6.07, 6.45) is 0.268. The number of nitrogens with zero attached hydrogens (tertiary/aromatic N) is 1. The lowest BCUT2D eigenvalue weighted by atomic mass is 9.87. The molecule has 74 valence electrons. The quantitative estimate of drug-likeness (QED) is 0.563. The van der Waals surface area contributed by atoms with Crippen LogP contribution < -0.4 is 0 Å². The second-order valence-electron chi connectivity index (χ2n) is 2.68. The van der Waals surface area contributed by atoms with Gasteiger partial charge in [-0.05, 0) is 6.42 Å². The molecule has 0 unspecified atom stereocenters. The van der Waals surface area contributed by atoms with Crippen molar-refractivity contribution in [1.29, 1.82) is 5.26 Å². The van der Waals surface area contributed by atoms with Crippen LogP contribution in [0.15, 0.2) is 0 Å². The molecule has 5 heteroatoms. The molecule has 0 rings (SSSR count). The standard InChI is InChI=1S/C8H13NO4/c1-2-8(5-10,6-11)7(12)13-4-3-9/h10-11H,2,4-6H2,1H3. The molecule has 0 radical (unpaired) electrons. The van der Waals surface area contributed by atoms with Crippen molar-refractivity contribution in [2.24, 2.45) is 5.41 Å². The van der Waals surface area contributed by atoms with Gasteiger partial charge in [-0.15, -0.1) is 0 Å². The van der Waals surface area contributed by atoms with Crippen LogP contribution in [-0.4, -0.2) is 36.0 Å². The van der Waals surface area contributed by atoms with Crippen LogP contribution in [0.2, 0.25) is 0 Å². The normalized spacial score (nSPS) is 10.6. The first-order valence-electron chi connectivity index (χ1n) is 3.92. The van der Waals surface area contributed by atoms with E-state index < -0.39 is 24.6 Å². The van der Waals surface area contributed by atoms with Crippen molar-refractivity contribution in [3.8, 4) is 6.07 Å². The van der Waals surface area contributed by atoms with E-state index in [0.29, 0.717) is 0 Å². The van der Waals surface area contributed by atoms with E-state index in [2.05, 4.69) is 4.74 Å². The molecular weight excluding hydrogens is 174 g/mol. The third kappa shape index (κ3) is 2.68. The molecule has 0 saturated carbocycles. The van der Waals surface area contributed by atoms with Crippen molar-refractivity contribution in [3.05, 3.63) is 0 Å². The Morgan fingerprint density at radius 2 is 2.08 bits per heavy atom. The zero-order valence-corrected chi connectivity index (χ0v) is 7.49. The summed E-state index contributed by atoms with van der Waals surface area (Å²) in [6.45, 7) is 0.329. The summed E-state index contributed by atoms with van der Waals surface area (Å²) >= 11 is 0. The highest BCUT2D eigenvalue weighted by atomic mass is 16.5. The molecule has 0 saturated heterocycles. The molecule has 5 nitrogen and oxygen atoms in total. The number of carbonyl (C=O) groups is 1. The van der Waals surface area contributed by atoms with Gasteiger partial charge in [-0.1, -0.05) is 6.92 Å². The number of aliphatic hydroxyl groups excluding tert-OH is 2. The molecular formula is C8H13NO4. The van der Waals surface area contributed by atoms with E-state index in [1.54, 1.807) is 13.0 Å². The van der Waals surface area contributed by atoms with Gasteiger partial charge in [0.25, 0.3) is 0 Å². The van der Waals surface area contributed by atoms with Gasteiger partial charge in [-0.2, -0.15) is 5.26 Å². The van der Waals surface area contributed by atoms with Crippen molar-refractivity contribution in [2.45, 2.75) is 13.3 Å². The predicted molar refractivity (Wildman–Crippen MR) is 43.5 cm³/mol. The SMILES string of the molecule is CCC(CO)(CO)C(=O)OCC#N. The average molecular weight is 187 g/mol. The van der Waals surface area contributed by atoms with Gasteiger partial charge in [0.1, 0.15) is 11.5 Å². The Balaban J connectivity index is 4.37. The van der Waals surface area contributed by atoms with Gasteiger partial charge in [-0.25, -0.2) is 0 Å². The summed E-state index contributed by atoms with van der Waals surface area (Å²) in [5.41, 5.74) is -1.27. The number of carbonyl (C=O) groups excluding carboxylic acids is 1. The summed E-state index contributed by atoms with van der Waals surface area (Å²) in [4.78, 5) is 11.2. The number of ether oxygens (including phenoxy) is 1. The Kier molecular flexibility index (Phi) is 5.04. The molecule has 0 aliphatic heterocycles. The van der Waals surface area contributed by atoms with Gasteiger partial charge in [0.05, 0.1) is 13.2 Å². The second-order valence-corrected chi connectivity index (χ2v) is 2.68. The van der Waals surface area contributed by atoms with Gasteiger partial charge >= 0.3 is 5.97 Å². The zero-order chi connectivity index (χ0) is 10.3. The molecule has 2 N–H and O–H groups in total. The largest absolute Gasteiger partial charge is 0.450 e. The van der Waals surface area contributed by atoms with Gasteiger partial charge < -0.3 is 14.9 Å². The third-order valence-corrected chi connectivity index (χ3v) is 1.98. The minimum Gasteiger partial charge on any atom is -0.450 e. The summed E-state index contributed by atoms with van der Waals surface area (Å²) in [7, 11) is 0. The summed E-state index contributed by atoms with van der Waals surface area (Å²) < 4.78 is 4.51. The Morgan fingerprint density at radius 3 is 2.38 bits per heavy atom. The average Bonchev–Trinajstić information content (AvgIpc) is 2.18. The van der Waals surface area contributed by atoms with E-state index in [4.69, 9.17) is 15.5 Å². The highest BCUT2D eigenvalue weighted by molar-refractivity contribution is 5.77. The molecule has 0 aliphatic rings. The van der Waals surface area contributed by atoms with Crippen molar-refractivity contribution >= 4 is 5.97 Å². The fourth-order valence-electron chi connectivity index (χ4n) is 0.798. The van der Waals surface area contributed by atoms with Gasteiger partial charge in [0, 0.05) is 0 Å². The first-order chi connectivity index (χ1) is 6.16. The van der Waals surface area contributed by atoms with Crippen LogP contribution in [0.3, 0.4) is 0 Å². The topological polar surface area (TPSA) is 90.6 Å². The lowest BCUT2D eigenvalue weighted by molar-refractivity contribution is -0.160. The van der Waals surface area contributed by atoms with Crippen molar-refractivity contribution in [1.82, 2.24) is 0 Å². The Hall–Kier alpha value is -1.12. The van der Waals surface area contributed by atoms with Crippen LogP contribution in [0.1, 0.15) is 13.3 Å². The van der Waals surface area contributed by atoms with E-state index in [-0.39, 0.29) is 13.0 Å². The maximum Gasteiger partial charge on any atom is 0.317 e. The Morgan fingerprint density at radius 1 is 1.54 bits per heavy atom. The van der Waals surface area contributed by atoms with Crippen LogP contribution in [0, 0.1) is 16.7 Å². The fraction of sp³-hybridized carbons (Fsp3) is 0.750. The summed E-state index contributed by atoms with van der Waals surface area (Å²) in [6, 6.07) is 1.64. The van der Waals surface area contributed by atoms with Crippen LogP contribution in [-0.2, 0) is 9.53 Å². The van der Waals surface area contributed by atoms with Crippen molar-refractivity contribution < 1.29 is 19.7 Å². The number of aliphatic hydroxyl groups is 2. The number of nitriles is 1. The molecule has 0 heterocycles. The first-order valence-corrected chi connectivity index (χ1v) is 3.92. The molecule has 0 aromatic rings. The molecule has 0 aromatic heterocycles. The number of esters is 1. The lowest BCUT2D eigenvalue weighted by Gasteiger charge is -2.24. The van der Waals surface area contributed by atoms with E-state index in [9.17, 15) is 4.79 Å². The molecule has 0 spiro atoms. The predicted octanol–water partition coefficient (Wildman–Crippen LogP) is -0.566. The van der Waals surface area contributed by atoms with Gasteiger partial charge in [0.2, 0.25) is 0 Å². The molecule has 0 bridgehead atoms. The van der Waals surface area contributed by atoms with E-state index in [0.717, 1.165) is 0 Å². The van der Waals surface area contributed by atoms with Crippen LogP contribution in [0.25, 0.3) is 0 Å². The van der Waals surface area contributed by atoms with E-state index in [1.165, 1.54) is 0 Å². The molecule has 13 heavy (non-hydrogen) atoms. The summed E-state index contributed by atoms with van der Waals surface area (Å²) in [5.74, 6) is -0.735. The number of rotatable bonds is 5. The molecule has 0 aromatic carbocycles. The van der Waals surface area contributed by atoms with E-state index >= 15 is 0 Å². The van der Waals surface area contributed by atoms with Gasteiger partial charge in [0.15, 0.2) is 6.61 Å². The second kappa shape index (κ2) is 5.51. The maximum absolute atomic E-state index is 11.2. The Labute approximate surface area is 76.5 Å². The smallest absolute Gasteiger partial charge is 0.317 e. The Bertz CT molecular complexity index is 196. The third-order valence-electron chi connectivity index (χ3n) is 1.98. The van der Waals surface area contributed by atoms with Crippen molar-refractivity contribution in [2.75, 3.05) is 19.8 Å². The first kappa shape index (κ1) is 11.9. The van der Waals surface area contributed by atoms with Gasteiger partial charge in [-0.3, -0.25) is 4.79 Å². The van der Waals surface area contributed by atoms with Crippen LogP contribution >= 0.6 is 0 Å². The minimum absolute atomic E-state index is 0.268. The van der Waals surface area contributed by atoms with Crippen LogP contribution in [0.5, 0.6) is 0 Å². The highest BCUT2D eigenvalue weighted by Crippen LogP contribution is 2.22. The molecule has 0 fully saturated rings. The maximum atomic E-state index is 11.2. The molecule has 0 aliphatic carbocycles. The monoisotopic (exact) mass is 187 g/mol.